The highest BCUT2D eigenvalue weighted by Gasteiger charge is 2.51. The maximum atomic E-state index is 13.2. The van der Waals surface area contributed by atoms with Crippen molar-refractivity contribution in [2.45, 2.75) is 82.8 Å². The molecular formula is C21H31N5O2. The number of H-pyrrole nitrogens is 1. The van der Waals surface area contributed by atoms with Crippen molar-refractivity contribution in [3.05, 3.63) is 11.5 Å². The van der Waals surface area contributed by atoms with Crippen molar-refractivity contribution < 1.29 is 9.90 Å². The van der Waals surface area contributed by atoms with Crippen molar-refractivity contribution in [2.24, 2.45) is 10.9 Å². The number of aliphatic imine (C=N–C) groups is 1. The summed E-state index contributed by atoms with van der Waals surface area (Å²) in [6, 6.07) is 0.145. The number of anilines is 1. The first-order chi connectivity index (χ1) is 13.4. The summed E-state index contributed by atoms with van der Waals surface area (Å²) in [5, 5.41) is 10.6. The van der Waals surface area contributed by atoms with Gasteiger partial charge in [0.2, 0.25) is 0 Å². The molecule has 28 heavy (non-hydrogen) atoms. The number of rotatable bonds is 4. The van der Waals surface area contributed by atoms with Crippen LogP contribution in [0.3, 0.4) is 0 Å². The van der Waals surface area contributed by atoms with Crippen molar-refractivity contribution in [1.29, 1.82) is 0 Å². The molecule has 1 aromatic rings. The van der Waals surface area contributed by atoms with Crippen LogP contribution in [-0.4, -0.2) is 56.6 Å². The largest absolute Gasteiger partial charge is 0.390 e. The number of nitrogens with zero attached hydrogens (tertiary/aromatic N) is 4. The Morgan fingerprint density at radius 3 is 2.50 bits per heavy atom. The summed E-state index contributed by atoms with van der Waals surface area (Å²) in [6.07, 6.45) is 6.31. The monoisotopic (exact) mass is 385 g/mol. The van der Waals surface area contributed by atoms with Crippen molar-refractivity contribution in [3.63, 3.8) is 0 Å². The molecule has 6 rings (SSSR count). The fourth-order valence-electron chi connectivity index (χ4n) is 5.42. The second-order valence-corrected chi connectivity index (χ2v) is 9.60. The normalized spacial score (nSPS) is 34.1. The first-order valence-electron chi connectivity index (χ1n) is 10.9. The highest BCUT2D eigenvalue weighted by molar-refractivity contribution is 6.18. The molecule has 0 saturated heterocycles. The molecule has 152 valence electrons. The van der Waals surface area contributed by atoms with E-state index >= 15 is 0 Å². The van der Waals surface area contributed by atoms with Gasteiger partial charge in [-0.05, 0) is 50.9 Å². The Labute approximate surface area is 166 Å². The average molecular weight is 386 g/mol. The molecule has 7 nitrogen and oxygen atoms in total. The third-order valence-corrected chi connectivity index (χ3v) is 7.47. The molecule has 5 aliphatic rings. The number of urea groups is 1. The number of hydrogen-bond donors (Lipinski definition) is 2. The zero-order chi connectivity index (χ0) is 19.7. The summed E-state index contributed by atoms with van der Waals surface area (Å²) in [7, 11) is 0. The van der Waals surface area contributed by atoms with E-state index in [1.165, 1.54) is 0 Å². The highest BCUT2D eigenvalue weighted by Crippen LogP contribution is 2.53. The maximum absolute atomic E-state index is 13.2. The van der Waals surface area contributed by atoms with Crippen molar-refractivity contribution in [3.8, 4) is 0 Å². The van der Waals surface area contributed by atoms with E-state index in [1.807, 2.05) is 9.80 Å². The van der Waals surface area contributed by atoms with E-state index in [2.05, 4.69) is 25.8 Å². The van der Waals surface area contributed by atoms with Gasteiger partial charge in [0.15, 0.2) is 11.7 Å². The standard InChI is InChI=1S/C21H31N5O2/c1-4-11-25-17-15(16-22-14(13(2)3)12-26(16)19(25)27)23-18(24-17)20-5-8-21(28,9-6-20)10-7-20/h13-14,28H,4-12H2,1-3H3,(H,23,24). The molecule has 0 aromatic carbocycles. The Morgan fingerprint density at radius 1 is 1.21 bits per heavy atom. The van der Waals surface area contributed by atoms with Gasteiger partial charge in [-0.25, -0.2) is 9.78 Å². The molecule has 7 heteroatoms. The van der Waals surface area contributed by atoms with Crippen LogP contribution in [-0.2, 0) is 5.41 Å². The molecule has 3 saturated carbocycles. The van der Waals surface area contributed by atoms with Gasteiger partial charge >= 0.3 is 6.03 Å². The molecule has 3 aliphatic carbocycles. The number of imidazole rings is 1. The van der Waals surface area contributed by atoms with Crippen LogP contribution < -0.4 is 4.90 Å². The number of aromatic nitrogens is 2. The smallest absolute Gasteiger partial charge is 0.331 e. The summed E-state index contributed by atoms with van der Waals surface area (Å²) in [4.78, 5) is 30.4. The minimum atomic E-state index is -0.463. The van der Waals surface area contributed by atoms with E-state index in [9.17, 15) is 9.90 Å². The van der Waals surface area contributed by atoms with Crippen LogP contribution in [0.2, 0.25) is 0 Å². The van der Waals surface area contributed by atoms with Crippen LogP contribution in [0.25, 0.3) is 0 Å². The number of aliphatic hydroxyl groups is 1. The SMILES string of the molecule is CCCN1C(=O)N2CC(C(C)C)N=C2c2[nH]c(C34CCC(O)(CC3)CC4)nc21. The number of carbonyl (C=O) groups excluding carboxylic acids is 1. The average Bonchev–Trinajstić information content (AvgIpc) is 3.31. The Kier molecular flexibility index (Phi) is 3.92. The second-order valence-electron chi connectivity index (χ2n) is 9.60. The van der Waals surface area contributed by atoms with E-state index in [4.69, 9.17) is 9.98 Å². The van der Waals surface area contributed by atoms with Crippen LogP contribution in [0, 0.1) is 5.92 Å². The number of amides is 2. The molecule has 0 radical (unpaired) electrons. The number of aromatic amines is 1. The predicted molar refractivity (Wildman–Crippen MR) is 108 cm³/mol. The molecule has 2 aliphatic heterocycles. The minimum absolute atomic E-state index is 0.00416. The van der Waals surface area contributed by atoms with E-state index in [-0.39, 0.29) is 17.5 Å². The Hall–Kier alpha value is -1.89. The van der Waals surface area contributed by atoms with Gasteiger partial charge in [-0.1, -0.05) is 20.8 Å². The lowest BCUT2D eigenvalue weighted by molar-refractivity contribution is -0.0678. The minimum Gasteiger partial charge on any atom is -0.390 e. The third kappa shape index (κ3) is 2.48. The van der Waals surface area contributed by atoms with Gasteiger partial charge < -0.3 is 10.1 Å². The van der Waals surface area contributed by atoms with Crippen LogP contribution in [0.5, 0.6) is 0 Å². The van der Waals surface area contributed by atoms with E-state index < -0.39 is 5.60 Å². The molecule has 3 heterocycles. The van der Waals surface area contributed by atoms with Gasteiger partial charge in [-0.15, -0.1) is 0 Å². The second kappa shape index (κ2) is 6.05. The summed E-state index contributed by atoms with van der Waals surface area (Å²) < 4.78 is 0. The molecule has 0 spiro atoms. The number of carbonyl (C=O) groups is 1. The molecule has 2 bridgehead atoms. The zero-order valence-corrected chi connectivity index (χ0v) is 17.2. The van der Waals surface area contributed by atoms with Gasteiger partial charge in [-0.3, -0.25) is 14.8 Å². The van der Waals surface area contributed by atoms with Gasteiger partial charge in [0.1, 0.15) is 11.5 Å². The molecule has 1 aromatic heterocycles. The van der Waals surface area contributed by atoms with E-state index in [0.29, 0.717) is 19.0 Å². The fourth-order valence-corrected chi connectivity index (χ4v) is 5.42. The fraction of sp³-hybridized carbons (Fsp3) is 0.762. The summed E-state index contributed by atoms with van der Waals surface area (Å²) in [5.74, 6) is 2.90. The molecule has 3 fully saturated rings. The quantitative estimate of drug-likeness (QED) is 0.835. The van der Waals surface area contributed by atoms with E-state index in [0.717, 1.165) is 68.1 Å². The van der Waals surface area contributed by atoms with Crippen LogP contribution >= 0.6 is 0 Å². The van der Waals surface area contributed by atoms with Crippen LogP contribution in [0.4, 0.5) is 10.6 Å². The first kappa shape index (κ1) is 18.2. The Balaban J connectivity index is 1.58. The molecule has 2 N–H and O–H groups in total. The third-order valence-electron chi connectivity index (χ3n) is 7.47. The molecule has 1 unspecified atom stereocenters. The summed E-state index contributed by atoms with van der Waals surface area (Å²) >= 11 is 0. The van der Waals surface area contributed by atoms with E-state index in [1.54, 1.807) is 0 Å². The number of hydrogen-bond acceptors (Lipinski definition) is 4. The Morgan fingerprint density at radius 2 is 1.89 bits per heavy atom. The van der Waals surface area contributed by atoms with Gasteiger partial charge in [0.05, 0.1) is 18.2 Å². The van der Waals surface area contributed by atoms with Crippen molar-refractivity contribution in [1.82, 2.24) is 14.9 Å². The predicted octanol–water partition coefficient (Wildman–Crippen LogP) is 3.18. The highest BCUT2D eigenvalue weighted by atomic mass is 16.3. The molecule has 2 amide bonds. The van der Waals surface area contributed by atoms with Gasteiger partial charge in [0.25, 0.3) is 0 Å². The zero-order valence-electron chi connectivity index (χ0n) is 17.2. The van der Waals surface area contributed by atoms with Crippen molar-refractivity contribution in [2.75, 3.05) is 18.0 Å². The topological polar surface area (TPSA) is 84.8 Å². The molecular weight excluding hydrogens is 354 g/mol. The lowest BCUT2D eigenvalue weighted by Crippen LogP contribution is -2.50. The lowest BCUT2D eigenvalue weighted by atomic mass is 9.58. The summed E-state index contributed by atoms with van der Waals surface area (Å²) in [6.45, 7) is 7.72. The van der Waals surface area contributed by atoms with Gasteiger partial charge in [-0.2, -0.15) is 0 Å². The maximum Gasteiger partial charge on any atom is 0.331 e. The van der Waals surface area contributed by atoms with Crippen LogP contribution in [0.15, 0.2) is 4.99 Å². The van der Waals surface area contributed by atoms with Gasteiger partial charge in [0, 0.05) is 12.0 Å². The number of amidine groups is 1. The first-order valence-corrected chi connectivity index (χ1v) is 10.9. The number of nitrogens with one attached hydrogen (secondary N) is 1. The Bertz CT molecular complexity index is 817. The lowest BCUT2D eigenvalue weighted by Gasteiger charge is -2.49. The molecule has 1 atom stereocenters. The summed E-state index contributed by atoms with van der Waals surface area (Å²) in [5.41, 5.74) is 0.450. The van der Waals surface area contributed by atoms with Crippen molar-refractivity contribution >= 4 is 17.7 Å². The van der Waals surface area contributed by atoms with Crippen LogP contribution in [0.1, 0.15) is 77.2 Å². The number of fused-ring (bicyclic) bond motifs is 6.